The highest BCUT2D eigenvalue weighted by Gasteiger charge is 2.43. The zero-order valence-corrected chi connectivity index (χ0v) is 5.65. The van der Waals surface area contributed by atoms with E-state index in [2.05, 4.69) is 13.8 Å². The Balaban J connectivity index is 2.13. The summed E-state index contributed by atoms with van der Waals surface area (Å²) in [7, 11) is 0. The Morgan fingerprint density at radius 3 is 2.25 bits per heavy atom. The molecule has 0 aromatic rings. The molecule has 0 bridgehead atoms. The largest absolute Gasteiger partial charge is 0.323 e. The van der Waals surface area contributed by atoms with Crippen LogP contribution >= 0.6 is 0 Å². The minimum atomic E-state index is 0.731. The maximum absolute atomic E-state index is 5.61. The van der Waals surface area contributed by atoms with Gasteiger partial charge in [-0.05, 0) is 18.3 Å². The van der Waals surface area contributed by atoms with Crippen LogP contribution in [0.25, 0.3) is 0 Å². The molecular weight excluding hydrogens is 98.1 g/mol. The fourth-order valence-electron chi connectivity index (χ4n) is 1.22. The summed E-state index contributed by atoms with van der Waals surface area (Å²) < 4.78 is 0. The van der Waals surface area contributed by atoms with Crippen molar-refractivity contribution in [2.45, 2.75) is 26.7 Å². The Hall–Kier alpha value is -0.0400. The molecule has 1 aliphatic carbocycles. The highest BCUT2D eigenvalue weighted by atomic mass is 14.8. The van der Waals surface area contributed by atoms with Crippen LogP contribution in [0.3, 0.4) is 0 Å². The van der Waals surface area contributed by atoms with Crippen LogP contribution in [0.1, 0.15) is 26.7 Å². The Morgan fingerprint density at radius 1 is 1.62 bits per heavy atom. The summed E-state index contributed by atoms with van der Waals surface area (Å²) in [5.41, 5.74) is 5.61. The maximum Gasteiger partial charge on any atom is 0.0403 e. The third-order valence-corrected chi connectivity index (χ3v) is 2.05. The molecule has 0 aromatic heterocycles. The third kappa shape index (κ3) is 0.873. The first kappa shape index (κ1) is 6.09. The fraction of sp³-hybridized carbons (Fsp3) is 0.857. The van der Waals surface area contributed by atoms with Gasteiger partial charge in [0.05, 0.1) is 0 Å². The van der Waals surface area contributed by atoms with Gasteiger partial charge in [0, 0.05) is 6.04 Å². The molecule has 2 unspecified atom stereocenters. The van der Waals surface area contributed by atoms with Crippen LogP contribution in [0.15, 0.2) is 0 Å². The Bertz CT molecular complexity index is 72.5. The SMILES string of the molecule is CCCC1[C](N)C1C. The molecule has 1 nitrogen and oxygen atoms in total. The van der Waals surface area contributed by atoms with Crippen molar-refractivity contribution in [1.82, 2.24) is 0 Å². The lowest BCUT2D eigenvalue weighted by Gasteiger charge is -1.87. The minimum absolute atomic E-state index is 0.731. The molecule has 2 N–H and O–H groups in total. The van der Waals surface area contributed by atoms with E-state index in [1.54, 1.807) is 0 Å². The van der Waals surface area contributed by atoms with Crippen molar-refractivity contribution in [2.75, 3.05) is 0 Å². The molecule has 0 aliphatic heterocycles. The molecule has 0 aromatic carbocycles. The molecule has 1 radical (unpaired) electrons. The van der Waals surface area contributed by atoms with E-state index in [4.69, 9.17) is 5.73 Å². The first-order valence-corrected chi connectivity index (χ1v) is 3.39. The molecule has 1 rings (SSSR count). The average Bonchev–Trinajstić information content (AvgIpc) is 2.25. The van der Waals surface area contributed by atoms with Crippen LogP contribution in [0.4, 0.5) is 0 Å². The summed E-state index contributed by atoms with van der Waals surface area (Å²) in [6.45, 7) is 4.41. The van der Waals surface area contributed by atoms with E-state index >= 15 is 0 Å². The van der Waals surface area contributed by atoms with E-state index in [0.717, 1.165) is 11.8 Å². The van der Waals surface area contributed by atoms with Gasteiger partial charge in [0.25, 0.3) is 0 Å². The molecule has 1 heteroatoms. The van der Waals surface area contributed by atoms with Crippen molar-refractivity contribution in [3.05, 3.63) is 6.04 Å². The summed E-state index contributed by atoms with van der Waals surface area (Å²) in [6.07, 6.45) is 2.57. The molecular formula is C7H14N. The van der Waals surface area contributed by atoms with Crippen molar-refractivity contribution in [1.29, 1.82) is 0 Å². The van der Waals surface area contributed by atoms with Crippen molar-refractivity contribution < 1.29 is 0 Å². The molecule has 1 aliphatic rings. The minimum Gasteiger partial charge on any atom is -0.323 e. The number of nitrogens with two attached hydrogens (primary N) is 1. The first-order chi connectivity index (χ1) is 3.77. The Kier molecular flexibility index (Phi) is 1.57. The van der Waals surface area contributed by atoms with E-state index in [1.807, 2.05) is 0 Å². The van der Waals surface area contributed by atoms with Gasteiger partial charge >= 0.3 is 0 Å². The molecule has 0 amide bonds. The monoisotopic (exact) mass is 112 g/mol. The van der Waals surface area contributed by atoms with Crippen molar-refractivity contribution in [2.24, 2.45) is 17.6 Å². The fourth-order valence-corrected chi connectivity index (χ4v) is 1.22. The van der Waals surface area contributed by atoms with Crippen LogP contribution < -0.4 is 5.73 Å². The first-order valence-electron chi connectivity index (χ1n) is 3.39. The van der Waals surface area contributed by atoms with Gasteiger partial charge in [0.2, 0.25) is 0 Å². The molecule has 0 saturated heterocycles. The van der Waals surface area contributed by atoms with E-state index < -0.39 is 0 Å². The average molecular weight is 112 g/mol. The van der Waals surface area contributed by atoms with Gasteiger partial charge in [0.1, 0.15) is 0 Å². The highest BCUT2D eigenvalue weighted by Crippen LogP contribution is 2.46. The second-order valence-electron chi connectivity index (χ2n) is 2.68. The van der Waals surface area contributed by atoms with Crippen molar-refractivity contribution in [3.63, 3.8) is 0 Å². The number of rotatable bonds is 2. The predicted molar refractivity (Wildman–Crippen MR) is 35.0 cm³/mol. The van der Waals surface area contributed by atoms with Gasteiger partial charge in [-0.15, -0.1) is 0 Å². The quantitative estimate of drug-likeness (QED) is 0.576. The summed E-state index contributed by atoms with van der Waals surface area (Å²) in [5, 5.41) is 0. The van der Waals surface area contributed by atoms with Crippen LogP contribution in [0.2, 0.25) is 0 Å². The molecule has 1 fully saturated rings. The molecule has 0 spiro atoms. The van der Waals surface area contributed by atoms with Crippen LogP contribution in [0, 0.1) is 17.9 Å². The topological polar surface area (TPSA) is 26.0 Å². The summed E-state index contributed by atoms with van der Waals surface area (Å²) in [4.78, 5) is 0. The Labute approximate surface area is 51.3 Å². The van der Waals surface area contributed by atoms with E-state index in [9.17, 15) is 0 Å². The summed E-state index contributed by atoms with van der Waals surface area (Å²) in [5.74, 6) is 1.51. The lowest BCUT2D eigenvalue weighted by molar-refractivity contribution is 0.660. The summed E-state index contributed by atoms with van der Waals surface area (Å²) >= 11 is 0. The van der Waals surface area contributed by atoms with Gasteiger partial charge in [-0.3, -0.25) is 0 Å². The highest BCUT2D eigenvalue weighted by molar-refractivity contribution is 5.14. The second kappa shape index (κ2) is 2.06. The third-order valence-electron chi connectivity index (χ3n) is 2.05. The number of hydrogen-bond acceptors (Lipinski definition) is 1. The smallest absolute Gasteiger partial charge is 0.0403 e. The molecule has 8 heavy (non-hydrogen) atoms. The molecule has 2 atom stereocenters. The van der Waals surface area contributed by atoms with Crippen molar-refractivity contribution >= 4 is 0 Å². The standard InChI is InChI=1S/C7H14N/c1-3-4-6-5(2)7(6)8/h5-6H,3-4,8H2,1-2H3. The van der Waals surface area contributed by atoms with Gasteiger partial charge in [-0.1, -0.05) is 20.3 Å². The molecule has 1 saturated carbocycles. The lowest BCUT2D eigenvalue weighted by Crippen LogP contribution is -1.91. The normalized spacial score (nSPS) is 37.9. The molecule has 0 heterocycles. The van der Waals surface area contributed by atoms with Gasteiger partial charge < -0.3 is 5.73 Å². The molecule has 47 valence electrons. The van der Waals surface area contributed by atoms with E-state index in [1.165, 1.54) is 18.9 Å². The van der Waals surface area contributed by atoms with E-state index in [-0.39, 0.29) is 0 Å². The number of hydrogen-bond donors (Lipinski definition) is 1. The Morgan fingerprint density at radius 2 is 2.12 bits per heavy atom. The zero-order valence-electron chi connectivity index (χ0n) is 5.65. The second-order valence-corrected chi connectivity index (χ2v) is 2.68. The van der Waals surface area contributed by atoms with E-state index in [0.29, 0.717) is 0 Å². The van der Waals surface area contributed by atoms with Crippen LogP contribution in [0.5, 0.6) is 0 Å². The summed E-state index contributed by atoms with van der Waals surface area (Å²) in [6, 6.07) is 1.23. The van der Waals surface area contributed by atoms with Gasteiger partial charge in [-0.2, -0.15) is 0 Å². The van der Waals surface area contributed by atoms with Crippen LogP contribution in [-0.4, -0.2) is 0 Å². The van der Waals surface area contributed by atoms with Gasteiger partial charge in [0.15, 0.2) is 0 Å². The predicted octanol–water partition coefficient (Wildman–Crippen LogP) is 1.54. The van der Waals surface area contributed by atoms with Crippen molar-refractivity contribution in [3.8, 4) is 0 Å². The van der Waals surface area contributed by atoms with Gasteiger partial charge in [-0.25, -0.2) is 0 Å². The maximum atomic E-state index is 5.61. The lowest BCUT2D eigenvalue weighted by atomic mass is 10.2. The zero-order chi connectivity index (χ0) is 6.15. The van der Waals surface area contributed by atoms with Crippen LogP contribution in [-0.2, 0) is 0 Å².